The molecule has 1 aromatic heterocycles. The van der Waals surface area contributed by atoms with Gasteiger partial charge in [-0.2, -0.15) is 4.98 Å². The minimum absolute atomic E-state index is 0.00919. The first kappa shape index (κ1) is 17.8. The average Bonchev–Trinajstić information content (AvgIpc) is 2.53. The molecule has 0 bridgehead atoms. The quantitative estimate of drug-likeness (QED) is 0.780. The number of rotatable bonds is 6. The number of nitrogens with zero attached hydrogens (tertiary/aromatic N) is 3. The van der Waals surface area contributed by atoms with Crippen molar-refractivity contribution in [1.82, 2.24) is 9.97 Å². The van der Waals surface area contributed by atoms with E-state index in [4.69, 9.17) is 23.2 Å². The van der Waals surface area contributed by atoms with Crippen molar-refractivity contribution in [3.8, 4) is 0 Å². The number of benzene rings is 1. The fourth-order valence-electron chi connectivity index (χ4n) is 2.03. The molecule has 0 fully saturated rings. The molecule has 1 aromatic carbocycles. The van der Waals surface area contributed by atoms with Crippen LogP contribution in [-0.2, 0) is 10.0 Å². The Morgan fingerprint density at radius 2 is 1.91 bits per heavy atom. The minimum atomic E-state index is -3.39. The first-order chi connectivity index (χ1) is 10.9. The second-order valence-corrected chi connectivity index (χ2v) is 7.47. The summed E-state index contributed by atoms with van der Waals surface area (Å²) in [5.41, 5.74) is 1.07. The summed E-state index contributed by atoms with van der Waals surface area (Å²) in [5.74, 6) is 0.319. The topological polar surface area (TPSA) is 75.2 Å². The molecule has 0 amide bonds. The molecule has 0 radical (unpaired) electrons. The van der Waals surface area contributed by atoms with Gasteiger partial charge >= 0.3 is 0 Å². The monoisotopic (exact) mass is 374 g/mol. The molecule has 0 atom stereocenters. The fraction of sp³-hybridized carbons (Fsp3) is 0.286. The van der Waals surface area contributed by atoms with Crippen LogP contribution in [0, 0.1) is 0 Å². The van der Waals surface area contributed by atoms with Gasteiger partial charge in [-0.05, 0) is 37.6 Å². The lowest BCUT2D eigenvalue weighted by Gasteiger charge is -2.25. The Balaban J connectivity index is 2.47. The van der Waals surface area contributed by atoms with Crippen LogP contribution in [0.2, 0.25) is 10.3 Å². The Bertz CT molecular complexity index is 799. The first-order valence-electron chi connectivity index (χ1n) is 6.93. The third-order valence-corrected chi connectivity index (χ3v) is 5.44. The number of hydrogen-bond donors (Lipinski definition) is 1. The smallest absolute Gasteiger partial charge is 0.234 e. The van der Waals surface area contributed by atoms with Crippen LogP contribution in [0.3, 0.4) is 0 Å². The van der Waals surface area contributed by atoms with Gasteiger partial charge < -0.3 is 5.32 Å². The van der Waals surface area contributed by atoms with Crippen molar-refractivity contribution < 1.29 is 8.42 Å². The highest BCUT2D eigenvalue weighted by Crippen LogP contribution is 2.32. The minimum Gasteiger partial charge on any atom is -0.337 e. The molecule has 0 saturated heterocycles. The number of hydrogen-bond acceptors (Lipinski definition) is 5. The Morgan fingerprint density at radius 3 is 2.57 bits per heavy atom. The zero-order valence-corrected chi connectivity index (χ0v) is 15.0. The second-order valence-electron chi connectivity index (χ2n) is 4.54. The summed E-state index contributed by atoms with van der Waals surface area (Å²) in [6.45, 7) is 3.70. The highest BCUT2D eigenvalue weighted by molar-refractivity contribution is 7.92. The summed E-state index contributed by atoms with van der Waals surface area (Å²) in [7, 11) is -3.39. The molecule has 6 nitrogen and oxygen atoms in total. The highest BCUT2D eigenvalue weighted by Gasteiger charge is 2.21. The Kier molecular flexibility index (Phi) is 5.67. The summed E-state index contributed by atoms with van der Waals surface area (Å²) in [6.07, 6.45) is 1.38. The highest BCUT2D eigenvalue weighted by atomic mass is 35.5. The lowest BCUT2D eigenvalue weighted by Crippen LogP contribution is -2.32. The predicted molar refractivity (Wildman–Crippen MR) is 94.3 cm³/mol. The van der Waals surface area contributed by atoms with E-state index < -0.39 is 10.0 Å². The molecule has 124 valence electrons. The Morgan fingerprint density at radius 1 is 1.22 bits per heavy atom. The third kappa shape index (κ3) is 4.04. The molecule has 23 heavy (non-hydrogen) atoms. The summed E-state index contributed by atoms with van der Waals surface area (Å²) < 4.78 is 25.9. The van der Waals surface area contributed by atoms with Gasteiger partial charge in [-0.15, -0.1) is 0 Å². The maximum atomic E-state index is 12.3. The molecule has 0 unspecified atom stereocenters. The lowest BCUT2D eigenvalue weighted by atomic mass is 10.2. The molecule has 0 aliphatic heterocycles. The molecule has 0 spiro atoms. The summed E-state index contributed by atoms with van der Waals surface area (Å²) in [4.78, 5) is 7.80. The van der Waals surface area contributed by atoms with E-state index in [0.29, 0.717) is 23.7 Å². The second kappa shape index (κ2) is 7.33. The SMILES string of the molecule is CCN(c1ccccc1Nc1nc(Cl)ncc1Cl)S(=O)(=O)CC. The molecule has 0 saturated carbocycles. The largest absolute Gasteiger partial charge is 0.337 e. The van der Waals surface area contributed by atoms with Crippen molar-refractivity contribution in [3.05, 3.63) is 40.8 Å². The number of nitrogens with one attached hydrogen (secondary N) is 1. The molecule has 2 rings (SSSR count). The van der Waals surface area contributed by atoms with Gasteiger partial charge in [0.15, 0.2) is 5.82 Å². The maximum Gasteiger partial charge on any atom is 0.234 e. The normalized spacial score (nSPS) is 11.3. The van der Waals surface area contributed by atoms with Crippen LogP contribution in [0.4, 0.5) is 17.2 Å². The number of para-hydroxylation sites is 2. The number of halogens is 2. The molecule has 1 N–H and O–H groups in total. The molecule has 0 aliphatic carbocycles. The van der Waals surface area contributed by atoms with Crippen molar-refractivity contribution in [2.75, 3.05) is 21.9 Å². The van der Waals surface area contributed by atoms with Crippen molar-refractivity contribution in [2.45, 2.75) is 13.8 Å². The van der Waals surface area contributed by atoms with Gasteiger partial charge in [0.1, 0.15) is 5.02 Å². The Labute approximate surface area is 145 Å². The van der Waals surface area contributed by atoms with Gasteiger partial charge in [0.05, 0.1) is 23.3 Å². The van der Waals surface area contributed by atoms with Crippen LogP contribution in [0.5, 0.6) is 0 Å². The van der Waals surface area contributed by atoms with E-state index in [1.165, 1.54) is 10.5 Å². The molecule has 2 aromatic rings. The van der Waals surface area contributed by atoms with E-state index in [1.807, 2.05) is 0 Å². The molecular weight excluding hydrogens is 359 g/mol. The van der Waals surface area contributed by atoms with E-state index in [9.17, 15) is 8.42 Å². The molecule has 9 heteroatoms. The van der Waals surface area contributed by atoms with Gasteiger partial charge in [0.25, 0.3) is 0 Å². The van der Waals surface area contributed by atoms with Gasteiger partial charge in [-0.1, -0.05) is 23.7 Å². The van der Waals surface area contributed by atoms with E-state index in [-0.39, 0.29) is 16.1 Å². The van der Waals surface area contributed by atoms with Crippen LogP contribution in [0.25, 0.3) is 0 Å². The standard InChI is InChI=1S/C14H16Cl2N4O2S/c1-3-20(23(21,22)4-2)12-8-6-5-7-11(12)18-13-10(15)9-17-14(16)19-13/h5-9H,3-4H2,1-2H3,(H,17,18,19). The van der Waals surface area contributed by atoms with E-state index in [1.54, 1.807) is 38.1 Å². The van der Waals surface area contributed by atoms with Crippen LogP contribution < -0.4 is 9.62 Å². The third-order valence-electron chi connectivity index (χ3n) is 3.13. The molecule has 0 aliphatic rings. The summed E-state index contributed by atoms with van der Waals surface area (Å²) in [6, 6.07) is 7.02. The Hall–Kier alpha value is -1.57. The van der Waals surface area contributed by atoms with Gasteiger partial charge in [-0.25, -0.2) is 13.4 Å². The van der Waals surface area contributed by atoms with Crippen LogP contribution in [0.1, 0.15) is 13.8 Å². The van der Waals surface area contributed by atoms with Crippen molar-refractivity contribution in [2.24, 2.45) is 0 Å². The predicted octanol–water partition coefficient (Wildman–Crippen LogP) is 3.70. The average molecular weight is 375 g/mol. The van der Waals surface area contributed by atoms with Gasteiger partial charge in [0.2, 0.25) is 15.3 Å². The zero-order chi connectivity index (χ0) is 17.0. The van der Waals surface area contributed by atoms with Crippen molar-refractivity contribution in [3.63, 3.8) is 0 Å². The van der Waals surface area contributed by atoms with E-state index in [0.717, 1.165) is 0 Å². The van der Waals surface area contributed by atoms with Crippen molar-refractivity contribution in [1.29, 1.82) is 0 Å². The van der Waals surface area contributed by atoms with E-state index >= 15 is 0 Å². The fourth-order valence-corrected chi connectivity index (χ4v) is 3.47. The summed E-state index contributed by atoms with van der Waals surface area (Å²) in [5, 5.41) is 3.35. The summed E-state index contributed by atoms with van der Waals surface area (Å²) >= 11 is 11.8. The van der Waals surface area contributed by atoms with Gasteiger partial charge in [0, 0.05) is 6.54 Å². The van der Waals surface area contributed by atoms with Crippen LogP contribution in [-0.4, -0.2) is 30.7 Å². The zero-order valence-electron chi connectivity index (χ0n) is 12.6. The number of aromatic nitrogens is 2. The van der Waals surface area contributed by atoms with Crippen LogP contribution >= 0.6 is 23.2 Å². The first-order valence-corrected chi connectivity index (χ1v) is 9.30. The number of anilines is 3. The molecule has 1 heterocycles. The van der Waals surface area contributed by atoms with E-state index in [2.05, 4.69) is 15.3 Å². The molecular formula is C14H16Cl2N4O2S. The van der Waals surface area contributed by atoms with Crippen molar-refractivity contribution >= 4 is 50.4 Å². The maximum absolute atomic E-state index is 12.3. The lowest BCUT2D eigenvalue weighted by molar-refractivity contribution is 0.593. The number of sulfonamides is 1. The van der Waals surface area contributed by atoms with Gasteiger partial charge in [-0.3, -0.25) is 4.31 Å². The van der Waals surface area contributed by atoms with Crippen LogP contribution in [0.15, 0.2) is 30.5 Å².